The number of hydrogen-bond donors (Lipinski definition) is 0. The fourth-order valence-corrected chi connectivity index (χ4v) is 6.87. The normalized spacial score (nSPS) is 15.6. The summed E-state index contributed by atoms with van der Waals surface area (Å²) >= 11 is 11.9. The number of rotatable bonds is 9. The zero-order chi connectivity index (χ0) is 22.6. The predicted octanol–water partition coefficient (Wildman–Crippen LogP) is 3.97. The van der Waals surface area contributed by atoms with Crippen molar-refractivity contribution in [2.24, 2.45) is 0 Å². The standard InChI is InChI=1S/C20H22Cl2N3O5P/c1-29-17-7-3-15(4-8-17)24-19(26)20(27)25(16-5-9-18(30-2)10-6-16)31(24,28)23(13-11-21)14-12-22/h3-10H,11-14H2,1-2H3. The van der Waals surface area contributed by atoms with Crippen LogP contribution in [-0.4, -0.2) is 55.6 Å². The van der Waals surface area contributed by atoms with Crippen molar-refractivity contribution in [2.75, 3.05) is 48.4 Å². The number of carbonyl (C=O) groups is 2. The Labute approximate surface area is 190 Å². The van der Waals surface area contributed by atoms with E-state index in [0.29, 0.717) is 22.9 Å². The summed E-state index contributed by atoms with van der Waals surface area (Å²) < 4.78 is 28.5. The van der Waals surface area contributed by atoms with Gasteiger partial charge in [-0.05, 0) is 48.5 Å². The zero-order valence-electron chi connectivity index (χ0n) is 17.0. The molecule has 2 aromatic rings. The highest BCUT2D eigenvalue weighted by molar-refractivity contribution is 7.69. The molecule has 0 bridgehead atoms. The Morgan fingerprint density at radius 1 is 0.774 bits per heavy atom. The number of hydrogen-bond acceptors (Lipinski definition) is 5. The molecule has 1 aliphatic heterocycles. The van der Waals surface area contributed by atoms with Crippen LogP contribution in [0, 0.1) is 0 Å². The van der Waals surface area contributed by atoms with Crippen molar-refractivity contribution in [3.05, 3.63) is 48.5 Å². The van der Waals surface area contributed by atoms with Crippen molar-refractivity contribution >= 4 is 54.0 Å². The molecule has 0 N–H and O–H groups in total. The summed E-state index contributed by atoms with van der Waals surface area (Å²) in [5.74, 6) is -0.424. The molecule has 1 heterocycles. The lowest BCUT2D eigenvalue weighted by Crippen LogP contribution is -2.37. The van der Waals surface area contributed by atoms with E-state index in [1.165, 1.54) is 18.9 Å². The van der Waals surface area contributed by atoms with Crippen molar-refractivity contribution in [3.63, 3.8) is 0 Å². The molecular weight excluding hydrogens is 464 g/mol. The summed E-state index contributed by atoms with van der Waals surface area (Å²) in [6.07, 6.45) is 0. The molecule has 0 atom stereocenters. The van der Waals surface area contributed by atoms with Crippen LogP contribution in [-0.2, 0) is 14.2 Å². The van der Waals surface area contributed by atoms with E-state index < -0.39 is 19.4 Å². The molecule has 0 radical (unpaired) electrons. The van der Waals surface area contributed by atoms with Crippen LogP contribution >= 0.6 is 30.8 Å². The molecular formula is C20H22Cl2N3O5P. The average Bonchev–Trinajstić information content (AvgIpc) is 2.99. The fraction of sp³-hybridized carbons (Fsp3) is 0.300. The summed E-state index contributed by atoms with van der Waals surface area (Å²) in [6.45, 7) is 0.316. The smallest absolute Gasteiger partial charge is 0.349 e. The van der Waals surface area contributed by atoms with Gasteiger partial charge in [-0.15, -0.1) is 23.2 Å². The zero-order valence-corrected chi connectivity index (χ0v) is 19.4. The van der Waals surface area contributed by atoms with Crippen LogP contribution in [0.15, 0.2) is 48.5 Å². The second-order valence-electron chi connectivity index (χ2n) is 6.47. The number of nitrogens with zero attached hydrogens (tertiary/aromatic N) is 3. The summed E-state index contributed by atoms with van der Waals surface area (Å²) in [5, 5.41) is 0. The van der Waals surface area contributed by atoms with Gasteiger partial charge in [0.1, 0.15) is 11.5 Å². The van der Waals surface area contributed by atoms with Crippen LogP contribution in [0.5, 0.6) is 11.5 Å². The van der Waals surface area contributed by atoms with Gasteiger partial charge in [-0.1, -0.05) is 0 Å². The number of amides is 2. The molecule has 2 amide bonds. The fourth-order valence-electron chi connectivity index (χ4n) is 3.31. The number of ether oxygens (including phenoxy) is 2. The van der Waals surface area contributed by atoms with Crippen LogP contribution in [0.2, 0.25) is 0 Å². The highest BCUT2D eigenvalue weighted by Gasteiger charge is 2.58. The quantitative estimate of drug-likeness (QED) is 0.303. The number of anilines is 2. The second-order valence-corrected chi connectivity index (χ2v) is 9.62. The largest absolute Gasteiger partial charge is 0.497 e. The Bertz CT molecular complexity index is 912. The first-order chi connectivity index (χ1) is 14.9. The van der Waals surface area contributed by atoms with E-state index >= 15 is 0 Å². The van der Waals surface area contributed by atoms with E-state index in [9.17, 15) is 14.2 Å². The topological polar surface area (TPSA) is 79.4 Å². The lowest BCUT2D eigenvalue weighted by Gasteiger charge is -2.37. The van der Waals surface area contributed by atoms with Gasteiger partial charge in [0, 0.05) is 24.8 Å². The van der Waals surface area contributed by atoms with Gasteiger partial charge < -0.3 is 9.47 Å². The van der Waals surface area contributed by atoms with E-state index in [1.807, 2.05) is 0 Å². The lowest BCUT2D eigenvalue weighted by atomic mass is 10.3. The maximum Gasteiger partial charge on any atom is 0.349 e. The molecule has 0 aromatic heterocycles. The minimum absolute atomic E-state index is 0.135. The Hall–Kier alpha value is -2.25. The Morgan fingerprint density at radius 2 is 1.13 bits per heavy atom. The monoisotopic (exact) mass is 485 g/mol. The highest BCUT2D eigenvalue weighted by Crippen LogP contribution is 2.63. The Morgan fingerprint density at radius 3 is 1.42 bits per heavy atom. The van der Waals surface area contributed by atoms with Crippen LogP contribution < -0.4 is 18.8 Å². The molecule has 0 unspecified atom stereocenters. The van der Waals surface area contributed by atoms with Crippen LogP contribution in [0.3, 0.4) is 0 Å². The molecule has 31 heavy (non-hydrogen) atoms. The summed E-state index contributed by atoms with van der Waals surface area (Å²) in [5.41, 5.74) is 0.597. The van der Waals surface area contributed by atoms with E-state index in [1.54, 1.807) is 48.5 Å². The van der Waals surface area contributed by atoms with Gasteiger partial charge in [-0.3, -0.25) is 14.2 Å². The van der Waals surface area contributed by atoms with Crippen molar-refractivity contribution in [2.45, 2.75) is 0 Å². The van der Waals surface area contributed by atoms with Gasteiger partial charge >= 0.3 is 19.4 Å². The molecule has 0 saturated carbocycles. The molecule has 2 aromatic carbocycles. The molecule has 0 spiro atoms. The predicted molar refractivity (Wildman–Crippen MR) is 122 cm³/mol. The van der Waals surface area contributed by atoms with Gasteiger partial charge in [0.25, 0.3) is 0 Å². The highest BCUT2D eigenvalue weighted by atomic mass is 35.5. The Kier molecular flexibility index (Phi) is 7.49. The van der Waals surface area contributed by atoms with Crippen LogP contribution in [0.1, 0.15) is 0 Å². The van der Waals surface area contributed by atoms with Crippen molar-refractivity contribution in [1.82, 2.24) is 4.67 Å². The number of benzene rings is 2. The number of alkyl halides is 2. The maximum atomic E-state index is 14.6. The van der Waals surface area contributed by atoms with Gasteiger partial charge in [0.2, 0.25) is 0 Å². The van der Waals surface area contributed by atoms with E-state index in [4.69, 9.17) is 32.7 Å². The van der Waals surface area contributed by atoms with Crippen molar-refractivity contribution in [1.29, 1.82) is 0 Å². The van der Waals surface area contributed by atoms with Crippen LogP contribution in [0.4, 0.5) is 11.4 Å². The van der Waals surface area contributed by atoms with Crippen LogP contribution in [0.25, 0.3) is 0 Å². The van der Waals surface area contributed by atoms with Crippen molar-refractivity contribution in [3.8, 4) is 11.5 Å². The molecule has 1 saturated heterocycles. The minimum atomic E-state index is -3.99. The van der Waals surface area contributed by atoms with Gasteiger partial charge in [0.15, 0.2) is 0 Å². The number of carbonyl (C=O) groups excluding carboxylic acids is 2. The average molecular weight is 486 g/mol. The first-order valence-electron chi connectivity index (χ1n) is 9.37. The molecule has 0 aliphatic carbocycles. The van der Waals surface area contributed by atoms with E-state index in [2.05, 4.69) is 0 Å². The van der Waals surface area contributed by atoms with Gasteiger partial charge in [0.05, 0.1) is 25.6 Å². The minimum Gasteiger partial charge on any atom is -0.497 e. The van der Waals surface area contributed by atoms with Gasteiger partial charge in [-0.2, -0.15) is 0 Å². The SMILES string of the molecule is COc1ccc(N2C(=O)C(=O)N(c3ccc(OC)cc3)P2(=O)N(CCCl)CCCl)cc1. The van der Waals surface area contributed by atoms with Crippen molar-refractivity contribution < 1.29 is 23.6 Å². The molecule has 3 rings (SSSR count). The second kappa shape index (κ2) is 9.92. The first kappa shape index (κ1) is 23.4. The molecule has 8 nitrogen and oxygen atoms in total. The third-order valence-electron chi connectivity index (χ3n) is 4.78. The molecule has 166 valence electrons. The lowest BCUT2D eigenvalue weighted by molar-refractivity contribution is -0.133. The molecule has 1 aliphatic rings. The van der Waals surface area contributed by atoms with E-state index in [0.717, 1.165) is 9.34 Å². The Balaban J connectivity index is 2.19. The number of methoxy groups -OCH3 is 2. The number of halogens is 2. The van der Waals surface area contributed by atoms with Gasteiger partial charge in [-0.25, -0.2) is 14.0 Å². The maximum absolute atomic E-state index is 14.6. The third-order valence-corrected chi connectivity index (χ3v) is 8.12. The molecule has 11 heteroatoms. The summed E-state index contributed by atoms with van der Waals surface area (Å²) in [7, 11) is -0.962. The summed E-state index contributed by atoms with van der Waals surface area (Å²) in [4.78, 5) is 26.2. The van der Waals surface area contributed by atoms with E-state index in [-0.39, 0.29) is 24.8 Å². The molecule has 1 fully saturated rings. The third kappa shape index (κ3) is 4.26. The summed E-state index contributed by atoms with van der Waals surface area (Å²) in [6, 6.07) is 12.8. The first-order valence-corrected chi connectivity index (χ1v) is 12.0.